The van der Waals surface area contributed by atoms with Crippen LogP contribution in [0.15, 0.2) is 18.2 Å². The molecule has 6 heteroatoms. The number of hydrogen-bond acceptors (Lipinski definition) is 5. The summed E-state index contributed by atoms with van der Waals surface area (Å²) in [6.45, 7) is 2.90. The van der Waals surface area contributed by atoms with Crippen LogP contribution in [0.1, 0.15) is 18.4 Å². The molecule has 0 amide bonds. The minimum Gasteiger partial charge on any atom is -0.393 e. The lowest BCUT2D eigenvalue weighted by Gasteiger charge is -2.36. The first-order valence-electron chi connectivity index (χ1n) is 6.89. The average molecular weight is 278 g/mol. The van der Waals surface area contributed by atoms with Crippen molar-refractivity contribution in [2.24, 2.45) is 0 Å². The van der Waals surface area contributed by atoms with Gasteiger partial charge in [-0.25, -0.2) is 0 Å². The van der Waals surface area contributed by atoms with E-state index in [1.807, 2.05) is 0 Å². The number of nitrogen functional groups attached to an aromatic ring is 1. The molecule has 6 nitrogen and oxygen atoms in total. The van der Waals surface area contributed by atoms with E-state index in [2.05, 4.69) is 23.9 Å². The molecule has 1 unspecified atom stereocenters. The number of nitrogens with two attached hydrogens (primary N) is 1. The highest BCUT2D eigenvalue weighted by atomic mass is 16.6. The SMILES string of the molecule is CN(C)C1CCCN(Cc2ccc([N+](=O)[O-])c(N)c2)C1. The Hall–Kier alpha value is -1.66. The molecule has 0 saturated carbocycles. The van der Waals surface area contributed by atoms with Crippen molar-refractivity contribution in [3.05, 3.63) is 33.9 Å². The van der Waals surface area contributed by atoms with E-state index in [1.165, 1.54) is 18.9 Å². The van der Waals surface area contributed by atoms with E-state index < -0.39 is 4.92 Å². The van der Waals surface area contributed by atoms with Gasteiger partial charge in [0, 0.05) is 25.2 Å². The first kappa shape index (κ1) is 14.7. The second-order valence-electron chi connectivity index (χ2n) is 5.65. The maximum atomic E-state index is 10.8. The van der Waals surface area contributed by atoms with E-state index in [9.17, 15) is 10.1 Å². The Labute approximate surface area is 119 Å². The Morgan fingerprint density at radius 3 is 2.85 bits per heavy atom. The third-order valence-corrected chi connectivity index (χ3v) is 3.91. The molecule has 1 aromatic rings. The Morgan fingerprint density at radius 2 is 2.25 bits per heavy atom. The third kappa shape index (κ3) is 3.46. The monoisotopic (exact) mass is 278 g/mol. The van der Waals surface area contributed by atoms with Gasteiger partial charge in [-0.1, -0.05) is 6.07 Å². The van der Waals surface area contributed by atoms with Crippen LogP contribution in [0.3, 0.4) is 0 Å². The summed E-state index contributed by atoms with van der Waals surface area (Å²) >= 11 is 0. The van der Waals surface area contributed by atoms with Crippen LogP contribution in [0.4, 0.5) is 11.4 Å². The fourth-order valence-electron chi connectivity index (χ4n) is 2.72. The van der Waals surface area contributed by atoms with Crippen molar-refractivity contribution in [1.29, 1.82) is 0 Å². The molecule has 110 valence electrons. The number of nitro groups is 1. The van der Waals surface area contributed by atoms with Gasteiger partial charge in [-0.05, 0) is 45.1 Å². The zero-order valence-electron chi connectivity index (χ0n) is 12.1. The van der Waals surface area contributed by atoms with Crippen molar-refractivity contribution in [2.45, 2.75) is 25.4 Å². The second-order valence-corrected chi connectivity index (χ2v) is 5.65. The maximum absolute atomic E-state index is 10.8. The lowest BCUT2D eigenvalue weighted by atomic mass is 10.0. The maximum Gasteiger partial charge on any atom is 0.292 e. The van der Waals surface area contributed by atoms with E-state index in [4.69, 9.17) is 5.73 Å². The summed E-state index contributed by atoms with van der Waals surface area (Å²) in [5, 5.41) is 10.8. The van der Waals surface area contributed by atoms with Crippen LogP contribution < -0.4 is 5.73 Å². The van der Waals surface area contributed by atoms with Crippen LogP contribution in [0.25, 0.3) is 0 Å². The molecule has 1 aliphatic rings. The summed E-state index contributed by atoms with van der Waals surface area (Å²) in [6, 6.07) is 5.60. The Kier molecular flexibility index (Phi) is 4.57. The number of hydrogen-bond donors (Lipinski definition) is 1. The summed E-state index contributed by atoms with van der Waals surface area (Å²) in [6.07, 6.45) is 2.41. The topological polar surface area (TPSA) is 75.6 Å². The number of rotatable bonds is 4. The van der Waals surface area contributed by atoms with Crippen LogP contribution in [0, 0.1) is 10.1 Å². The number of likely N-dealkylation sites (N-methyl/N-ethyl adjacent to an activating group) is 1. The number of nitrogens with zero attached hydrogens (tertiary/aromatic N) is 3. The minimum absolute atomic E-state index is 0.0152. The van der Waals surface area contributed by atoms with Crippen molar-refractivity contribution in [2.75, 3.05) is 32.9 Å². The summed E-state index contributed by atoms with van der Waals surface area (Å²) in [7, 11) is 4.22. The van der Waals surface area contributed by atoms with Crippen molar-refractivity contribution < 1.29 is 4.92 Å². The van der Waals surface area contributed by atoms with Crippen LogP contribution in [0.2, 0.25) is 0 Å². The molecule has 1 atom stereocenters. The van der Waals surface area contributed by atoms with Gasteiger partial charge in [0.2, 0.25) is 0 Å². The molecule has 1 fully saturated rings. The quantitative estimate of drug-likeness (QED) is 0.515. The standard InChI is InChI=1S/C14H22N4O2/c1-16(2)12-4-3-7-17(10-12)9-11-5-6-14(18(19)20)13(15)8-11/h5-6,8,12H,3-4,7,9-10,15H2,1-2H3. The van der Waals surface area contributed by atoms with Gasteiger partial charge >= 0.3 is 0 Å². The number of anilines is 1. The number of nitro benzene ring substituents is 1. The minimum atomic E-state index is -0.442. The molecule has 0 aromatic heterocycles. The Bertz CT molecular complexity index is 490. The van der Waals surface area contributed by atoms with Crippen LogP contribution in [-0.2, 0) is 6.54 Å². The highest BCUT2D eigenvalue weighted by Gasteiger charge is 2.21. The normalized spacial score (nSPS) is 20.2. The lowest BCUT2D eigenvalue weighted by Crippen LogP contribution is -2.44. The Balaban J connectivity index is 2.03. The molecule has 0 bridgehead atoms. The predicted octanol–water partition coefficient (Wildman–Crippen LogP) is 1.70. The summed E-state index contributed by atoms with van der Waals surface area (Å²) in [5.41, 5.74) is 7.00. The van der Waals surface area contributed by atoms with Gasteiger partial charge in [0.05, 0.1) is 4.92 Å². The van der Waals surface area contributed by atoms with Gasteiger partial charge in [-0.3, -0.25) is 15.0 Å². The first-order valence-corrected chi connectivity index (χ1v) is 6.89. The van der Waals surface area contributed by atoms with E-state index in [1.54, 1.807) is 12.1 Å². The zero-order valence-corrected chi connectivity index (χ0v) is 12.1. The molecule has 1 aromatic carbocycles. The van der Waals surface area contributed by atoms with E-state index in [0.29, 0.717) is 6.04 Å². The fraction of sp³-hybridized carbons (Fsp3) is 0.571. The second kappa shape index (κ2) is 6.19. The van der Waals surface area contributed by atoms with Crippen molar-refractivity contribution >= 4 is 11.4 Å². The van der Waals surface area contributed by atoms with Crippen molar-refractivity contribution in [1.82, 2.24) is 9.80 Å². The van der Waals surface area contributed by atoms with Crippen LogP contribution >= 0.6 is 0 Å². The largest absolute Gasteiger partial charge is 0.393 e. The first-order chi connectivity index (χ1) is 9.47. The number of benzene rings is 1. The molecular weight excluding hydrogens is 256 g/mol. The number of piperidine rings is 1. The van der Waals surface area contributed by atoms with Gasteiger partial charge in [0.15, 0.2) is 0 Å². The molecule has 20 heavy (non-hydrogen) atoms. The lowest BCUT2D eigenvalue weighted by molar-refractivity contribution is -0.383. The zero-order chi connectivity index (χ0) is 14.7. The van der Waals surface area contributed by atoms with Gasteiger partial charge in [0.1, 0.15) is 5.69 Å². The van der Waals surface area contributed by atoms with Gasteiger partial charge in [-0.15, -0.1) is 0 Å². The third-order valence-electron chi connectivity index (χ3n) is 3.91. The van der Waals surface area contributed by atoms with Crippen LogP contribution in [-0.4, -0.2) is 47.9 Å². The summed E-state index contributed by atoms with van der Waals surface area (Å²) in [4.78, 5) is 15.0. The van der Waals surface area contributed by atoms with E-state index in [0.717, 1.165) is 25.2 Å². The number of likely N-dealkylation sites (tertiary alicyclic amines) is 1. The smallest absolute Gasteiger partial charge is 0.292 e. The van der Waals surface area contributed by atoms with Gasteiger partial charge in [-0.2, -0.15) is 0 Å². The molecule has 0 spiro atoms. The summed E-state index contributed by atoms with van der Waals surface area (Å²) < 4.78 is 0. The molecule has 1 saturated heterocycles. The highest BCUT2D eigenvalue weighted by Crippen LogP contribution is 2.24. The van der Waals surface area contributed by atoms with E-state index >= 15 is 0 Å². The molecule has 1 heterocycles. The van der Waals surface area contributed by atoms with Crippen molar-refractivity contribution in [3.63, 3.8) is 0 Å². The summed E-state index contributed by atoms with van der Waals surface area (Å²) in [5.74, 6) is 0. The average Bonchev–Trinajstić information content (AvgIpc) is 2.38. The van der Waals surface area contributed by atoms with E-state index in [-0.39, 0.29) is 11.4 Å². The fourth-order valence-corrected chi connectivity index (χ4v) is 2.72. The molecule has 0 aliphatic carbocycles. The van der Waals surface area contributed by atoms with Gasteiger partial charge in [0.25, 0.3) is 5.69 Å². The Morgan fingerprint density at radius 1 is 1.50 bits per heavy atom. The molecule has 1 aliphatic heterocycles. The van der Waals surface area contributed by atoms with Crippen molar-refractivity contribution in [3.8, 4) is 0 Å². The molecular formula is C14H22N4O2. The molecule has 2 N–H and O–H groups in total. The molecule has 0 radical (unpaired) electrons. The predicted molar refractivity (Wildman–Crippen MR) is 79.5 cm³/mol. The van der Waals surface area contributed by atoms with Crippen LogP contribution in [0.5, 0.6) is 0 Å². The van der Waals surface area contributed by atoms with Gasteiger partial charge < -0.3 is 10.6 Å². The highest BCUT2D eigenvalue weighted by molar-refractivity contribution is 5.59. The molecule has 2 rings (SSSR count).